The molecule has 0 saturated heterocycles. The van der Waals surface area contributed by atoms with E-state index in [2.05, 4.69) is 15.3 Å². The molecule has 0 radical (unpaired) electrons. The first-order chi connectivity index (χ1) is 9.71. The largest absolute Gasteiger partial charge is 0.493 e. The van der Waals surface area contributed by atoms with Crippen LogP contribution in [0.5, 0.6) is 11.5 Å². The normalized spacial score (nSPS) is 9.50. The Morgan fingerprint density at radius 3 is 2.75 bits per heavy atom. The minimum absolute atomic E-state index is 0.0850. The monoisotopic (exact) mass is 278 g/mol. The van der Waals surface area contributed by atoms with E-state index in [1.54, 1.807) is 26.4 Å². The third-order valence-electron chi connectivity index (χ3n) is 2.63. The van der Waals surface area contributed by atoms with Crippen molar-refractivity contribution >= 4 is 5.91 Å². The number of carbonyl (C=O) groups is 1. The van der Waals surface area contributed by atoms with Gasteiger partial charge < -0.3 is 14.8 Å². The molecule has 1 rings (SSSR count). The van der Waals surface area contributed by atoms with E-state index in [1.165, 1.54) is 0 Å². The van der Waals surface area contributed by atoms with Crippen molar-refractivity contribution in [3.05, 3.63) is 34.2 Å². The SMILES string of the molecule is COc1ccc(CC(=O)NCCCN=[N+]=[N-])cc1OC. The van der Waals surface area contributed by atoms with E-state index in [0.29, 0.717) is 31.0 Å². The van der Waals surface area contributed by atoms with Gasteiger partial charge in [0.05, 0.1) is 20.6 Å². The quantitative estimate of drug-likeness (QED) is 0.341. The van der Waals surface area contributed by atoms with Crippen molar-refractivity contribution in [2.75, 3.05) is 27.3 Å². The fourth-order valence-corrected chi connectivity index (χ4v) is 1.66. The van der Waals surface area contributed by atoms with Crippen molar-refractivity contribution in [2.45, 2.75) is 12.8 Å². The number of carbonyl (C=O) groups excluding carboxylic acids is 1. The average molecular weight is 278 g/mol. The fraction of sp³-hybridized carbons (Fsp3) is 0.462. The first kappa shape index (κ1) is 15.7. The molecule has 1 amide bonds. The molecule has 1 aromatic rings. The molecule has 0 aromatic heterocycles. The molecule has 1 aromatic carbocycles. The van der Waals surface area contributed by atoms with E-state index in [-0.39, 0.29) is 12.3 Å². The molecule has 0 aliphatic rings. The maximum atomic E-state index is 11.7. The Labute approximate surface area is 117 Å². The second-order valence-electron chi connectivity index (χ2n) is 4.02. The van der Waals surface area contributed by atoms with Crippen molar-refractivity contribution in [2.24, 2.45) is 5.11 Å². The van der Waals surface area contributed by atoms with Crippen LogP contribution in [0.2, 0.25) is 0 Å². The van der Waals surface area contributed by atoms with Crippen LogP contribution in [0.25, 0.3) is 10.4 Å². The summed E-state index contributed by atoms with van der Waals surface area (Å²) in [6.45, 7) is 0.873. The third-order valence-corrected chi connectivity index (χ3v) is 2.63. The third kappa shape index (κ3) is 5.07. The molecule has 0 unspecified atom stereocenters. The molecule has 0 bridgehead atoms. The Bertz CT molecular complexity index is 498. The molecule has 108 valence electrons. The number of nitrogens with zero attached hydrogens (tertiary/aromatic N) is 3. The number of nitrogens with one attached hydrogen (secondary N) is 1. The van der Waals surface area contributed by atoms with Gasteiger partial charge in [0, 0.05) is 18.0 Å². The van der Waals surface area contributed by atoms with Gasteiger partial charge in [0.2, 0.25) is 5.91 Å². The number of amides is 1. The zero-order valence-corrected chi connectivity index (χ0v) is 11.6. The van der Waals surface area contributed by atoms with Gasteiger partial charge in [-0.25, -0.2) is 0 Å². The molecule has 0 atom stereocenters. The maximum Gasteiger partial charge on any atom is 0.224 e. The van der Waals surface area contributed by atoms with Crippen molar-refractivity contribution in [3.8, 4) is 11.5 Å². The molecular formula is C13H18N4O3. The van der Waals surface area contributed by atoms with Gasteiger partial charge in [-0.3, -0.25) is 4.79 Å². The molecule has 0 saturated carbocycles. The van der Waals surface area contributed by atoms with Gasteiger partial charge in [0.15, 0.2) is 11.5 Å². The number of benzene rings is 1. The molecule has 7 nitrogen and oxygen atoms in total. The molecule has 0 fully saturated rings. The van der Waals surface area contributed by atoms with E-state index in [1.807, 2.05) is 6.07 Å². The van der Waals surface area contributed by atoms with Crippen LogP contribution < -0.4 is 14.8 Å². The summed E-state index contributed by atoms with van der Waals surface area (Å²) in [5.41, 5.74) is 8.95. The molecule has 7 heteroatoms. The van der Waals surface area contributed by atoms with Gasteiger partial charge in [0.1, 0.15) is 0 Å². The summed E-state index contributed by atoms with van der Waals surface area (Å²) in [6.07, 6.45) is 0.892. The van der Waals surface area contributed by atoms with Crippen molar-refractivity contribution in [1.82, 2.24) is 5.32 Å². The Morgan fingerprint density at radius 2 is 2.10 bits per heavy atom. The molecular weight excluding hydrogens is 260 g/mol. The predicted molar refractivity (Wildman–Crippen MR) is 74.9 cm³/mol. The number of ether oxygens (including phenoxy) is 2. The van der Waals surface area contributed by atoms with Crippen LogP contribution in [-0.2, 0) is 11.2 Å². The van der Waals surface area contributed by atoms with Crippen LogP contribution in [0.1, 0.15) is 12.0 Å². The van der Waals surface area contributed by atoms with Gasteiger partial charge in [-0.2, -0.15) is 0 Å². The molecule has 0 aliphatic carbocycles. The lowest BCUT2D eigenvalue weighted by molar-refractivity contribution is -0.120. The average Bonchev–Trinajstić information content (AvgIpc) is 2.46. The van der Waals surface area contributed by atoms with Crippen LogP contribution >= 0.6 is 0 Å². The van der Waals surface area contributed by atoms with Crippen molar-refractivity contribution in [1.29, 1.82) is 0 Å². The Kier molecular flexibility index (Phi) is 6.78. The predicted octanol–water partition coefficient (Wildman–Crippen LogP) is 2.06. The second-order valence-corrected chi connectivity index (χ2v) is 4.02. The first-order valence-corrected chi connectivity index (χ1v) is 6.19. The van der Waals surface area contributed by atoms with E-state index < -0.39 is 0 Å². The molecule has 0 aliphatic heterocycles. The number of rotatable bonds is 8. The number of hydrogen-bond donors (Lipinski definition) is 1. The highest BCUT2D eigenvalue weighted by molar-refractivity contribution is 5.78. The van der Waals surface area contributed by atoms with E-state index in [4.69, 9.17) is 15.0 Å². The zero-order valence-electron chi connectivity index (χ0n) is 11.6. The van der Waals surface area contributed by atoms with Gasteiger partial charge >= 0.3 is 0 Å². The Balaban J connectivity index is 2.47. The first-order valence-electron chi connectivity index (χ1n) is 6.19. The summed E-state index contributed by atoms with van der Waals surface area (Å²) in [7, 11) is 3.12. The smallest absolute Gasteiger partial charge is 0.224 e. The molecule has 20 heavy (non-hydrogen) atoms. The number of methoxy groups -OCH3 is 2. The Hall–Kier alpha value is -2.40. The lowest BCUT2D eigenvalue weighted by Crippen LogP contribution is -2.26. The van der Waals surface area contributed by atoms with Crippen LogP contribution in [0.4, 0.5) is 0 Å². The lowest BCUT2D eigenvalue weighted by Gasteiger charge is -2.09. The van der Waals surface area contributed by atoms with Crippen LogP contribution in [-0.4, -0.2) is 33.2 Å². The van der Waals surface area contributed by atoms with Crippen LogP contribution in [0.15, 0.2) is 23.3 Å². The molecule has 1 N–H and O–H groups in total. The van der Waals surface area contributed by atoms with Gasteiger partial charge in [-0.15, -0.1) is 0 Å². The summed E-state index contributed by atoms with van der Waals surface area (Å²) in [5.74, 6) is 1.14. The maximum absolute atomic E-state index is 11.7. The summed E-state index contributed by atoms with van der Waals surface area (Å²) < 4.78 is 10.3. The minimum Gasteiger partial charge on any atom is -0.493 e. The van der Waals surface area contributed by atoms with E-state index >= 15 is 0 Å². The van der Waals surface area contributed by atoms with Crippen molar-refractivity contribution in [3.63, 3.8) is 0 Å². The van der Waals surface area contributed by atoms with E-state index in [0.717, 1.165) is 5.56 Å². The summed E-state index contributed by atoms with van der Waals surface area (Å²) in [5, 5.41) is 6.16. The van der Waals surface area contributed by atoms with Gasteiger partial charge in [0.25, 0.3) is 0 Å². The lowest BCUT2D eigenvalue weighted by atomic mass is 10.1. The topological polar surface area (TPSA) is 96.3 Å². The highest BCUT2D eigenvalue weighted by Gasteiger charge is 2.07. The minimum atomic E-state index is -0.0850. The highest BCUT2D eigenvalue weighted by Crippen LogP contribution is 2.27. The molecule has 0 heterocycles. The van der Waals surface area contributed by atoms with Crippen LogP contribution in [0.3, 0.4) is 0 Å². The summed E-state index contributed by atoms with van der Waals surface area (Å²) in [6, 6.07) is 5.36. The fourth-order valence-electron chi connectivity index (χ4n) is 1.66. The highest BCUT2D eigenvalue weighted by atomic mass is 16.5. The van der Waals surface area contributed by atoms with Gasteiger partial charge in [-0.1, -0.05) is 11.2 Å². The number of azide groups is 1. The zero-order chi connectivity index (χ0) is 14.8. The van der Waals surface area contributed by atoms with Crippen molar-refractivity contribution < 1.29 is 14.3 Å². The summed E-state index contributed by atoms with van der Waals surface area (Å²) >= 11 is 0. The van der Waals surface area contributed by atoms with Gasteiger partial charge in [-0.05, 0) is 29.6 Å². The standard InChI is InChI=1S/C13H18N4O3/c1-19-11-5-4-10(8-12(11)20-2)9-13(18)15-6-3-7-16-17-14/h4-5,8H,3,6-7,9H2,1-2H3,(H,15,18). The summed E-state index contributed by atoms with van der Waals surface area (Å²) in [4.78, 5) is 14.4. The Morgan fingerprint density at radius 1 is 1.35 bits per heavy atom. The van der Waals surface area contributed by atoms with Crippen LogP contribution in [0, 0.1) is 0 Å². The molecule has 0 spiro atoms. The number of hydrogen-bond acceptors (Lipinski definition) is 4. The second kappa shape index (κ2) is 8.66. The van der Waals surface area contributed by atoms with E-state index in [9.17, 15) is 4.79 Å².